The summed E-state index contributed by atoms with van der Waals surface area (Å²) < 4.78 is 5.45. The normalized spacial score (nSPS) is 12.8. The van der Waals surface area contributed by atoms with Gasteiger partial charge < -0.3 is 14.8 Å². The molecule has 0 bridgehead atoms. The average molecular weight is 314 g/mol. The van der Waals surface area contributed by atoms with Crippen molar-refractivity contribution in [1.29, 1.82) is 0 Å². The third kappa shape index (κ3) is 6.80. The molecule has 0 radical (unpaired) electrons. The van der Waals surface area contributed by atoms with Gasteiger partial charge in [0.1, 0.15) is 5.82 Å². The van der Waals surface area contributed by atoms with Crippen molar-refractivity contribution in [2.75, 3.05) is 13.2 Å². The van der Waals surface area contributed by atoms with Gasteiger partial charge in [-0.3, -0.25) is 0 Å². The van der Waals surface area contributed by atoms with Crippen LogP contribution in [0.1, 0.15) is 43.1 Å². The first kappa shape index (κ1) is 17.4. The van der Waals surface area contributed by atoms with Gasteiger partial charge in [0, 0.05) is 25.4 Å². The van der Waals surface area contributed by atoms with E-state index in [1.54, 1.807) is 12.3 Å². The summed E-state index contributed by atoms with van der Waals surface area (Å²) in [5, 5.41) is 9.87. The van der Waals surface area contributed by atoms with E-state index in [9.17, 15) is 5.11 Å². The van der Waals surface area contributed by atoms with Gasteiger partial charge in [0.15, 0.2) is 0 Å². The van der Waals surface area contributed by atoms with Crippen LogP contribution in [0.2, 0.25) is 0 Å². The second-order valence-electron chi connectivity index (χ2n) is 5.66. The minimum absolute atomic E-state index is 0.358. The molecule has 1 aromatic carbocycles. The van der Waals surface area contributed by atoms with Crippen molar-refractivity contribution in [2.45, 2.75) is 38.7 Å². The number of ether oxygens (including phenoxy) is 1. The van der Waals surface area contributed by atoms with Crippen molar-refractivity contribution in [3.63, 3.8) is 0 Å². The lowest BCUT2D eigenvalue weighted by Crippen LogP contribution is -2.12. The number of aliphatic hydroxyl groups excluding tert-OH is 1. The monoisotopic (exact) mass is 314 g/mol. The first-order chi connectivity index (χ1) is 11.3. The van der Waals surface area contributed by atoms with E-state index in [0.29, 0.717) is 6.61 Å². The topological polar surface area (TPSA) is 58.1 Å². The number of rotatable bonds is 10. The third-order valence-corrected chi connectivity index (χ3v) is 3.60. The van der Waals surface area contributed by atoms with Crippen molar-refractivity contribution >= 4 is 6.08 Å². The third-order valence-electron chi connectivity index (χ3n) is 3.60. The summed E-state index contributed by atoms with van der Waals surface area (Å²) >= 11 is 0. The molecule has 2 rings (SSSR count). The molecule has 1 atom stereocenters. The Morgan fingerprint density at radius 3 is 2.78 bits per heavy atom. The van der Waals surface area contributed by atoms with Gasteiger partial charge in [-0.1, -0.05) is 56.2 Å². The second kappa shape index (κ2) is 9.98. The van der Waals surface area contributed by atoms with Crippen molar-refractivity contribution in [3.8, 4) is 0 Å². The fraction of sp³-hybridized carbons (Fsp3) is 0.421. The fourth-order valence-electron chi connectivity index (χ4n) is 2.27. The van der Waals surface area contributed by atoms with E-state index in [0.717, 1.165) is 30.8 Å². The van der Waals surface area contributed by atoms with E-state index in [-0.39, 0.29) is 0 Å². The number of hydrogen-bond donors (Lipinski definition) is 2. The van der Waals surface area contributed by atoms with Gasteiger partial charge in [-0.15, -0.1) is 0 Å². The molecule has 124 valence electrons. The van der Waals surface area contributed by atoms with Crippen LogP contribution in [0.25, 0.3) is 6.08 Å². The Morgan fingerprint density at radius 1 is 1.26 bits per heavy atom. The molecule has 0 aliphatic rings. The zero-order valence-corrected chi connectivity index (χ0v) is 13.7. The summed E-state index contributed by atoms with van der Waals surface area (Å²) in [4.78, 5) is 7.32. The highest BCUT2D eigenvalue weighted by Gasteiger charge is 2.00. The summed E-state index contributed by atoms with van der Waals surface area (Å²) in [5.41, 5.74) is 2.27. The van der Waals surface area contributed by atoms with Gasteiger partial charge >= 0.3 is 0 Å². The molecule has 0 saturated carbocycles. The maximum atomic E-state index is 9.87. The lowest BCUT2D eigenvalue weighted by Gasteiger charge is -2.07. The van der Waals surface area contributed by atoms with Crippen molar-refractivity contribution in [2.24, 2.45) is 0 Å². The predicted molar refractivity (Wildman–Crippen MR) is 93.2 cm³/mol. The lowest BCUT2D eigenvalue weighted by atomic mass is 10.1. The molecule has 2 N–H and O–H groups in total. The number of aliphatic hydroxyl groups is 1. The number of unbranched alkanes of at least 4 members (excludes halogenated alkanes) is 2. The number of aromatic nitrogens is 2. The molecule has 0 amide bonds. The second-order valence-corrected chi connectivity index (χ2v) is 5.66. The smallest absolute Gasteiger partial charge is 0.110 e. The number of imidazole rings is 1. The number of aromatic amines is 1. The number of benzene rings is 1. The summed E-state index contributed by atoms with van der Waals surface area (Å²) in [6.45, 7) is 3.24. The van der Waals surface area contributed by atoms with Crippen molar-refractivity contribution in [1.82, 2.24) is 9.97 Å². The molecule has 0 saturated heterocycles. The molecule has 0 aliphatic carbocycles. The Kier molecular flexibility index (Phi) is 7.57. The number of H-pyrrole nitrogens is 1. The number of nitrogens with zero attached hydrogens (tertiary/aromatic N) is 1. The van der Waals surface area contributed by atoms with E-state index in [4.69, 9.17) is 4.74 Å². The van der Waals surface area contributed by atoms with E-state index in [2.05, 4.69) is 29.0 Å². The van der Waals surface area contributed by atoms with Crippen LogP contribution in [0, 0.1) is 0 Å². The lowest BCUT2D eigenvalue weighted by molar-refractivity contribution is 0.0581. The molecule has 1 heterocycles. The van der Waals surface area contributed by atoms with Gasteiger partial charge in [0.25, 0.3) is 0 Å². The van der Waals surface area contributed by atoms with Gasteiger partial charge in [0.2, 0.25) is 0 Å². The van der Waals surface area contributed by atoms with Crippen LogP contribution in [0.15, 0.2) is 42.7 Å². The van der Waals surface area contributed by atoms with E-state index < -0.39 is 6.10 Å². The molecule has 0 spiro atoms. The number of hydrogen-bond acceptors (Lipinski definition) is 3. The summed E-state index contributed by atoms with van der Waals surface area (Å²) in [6.07, 6.45) is 11.0. The van der Waals surface area contributed by atoms with Gasteiger partial charge in [-0.2, -0.15) is 0 Å². The summed E-state index contributed by atoms with van der Waals surface area (Å²) in [7, 11) is 0. The van der Waals surface area contributed by atoms with Crippen LogP contribution in [-0.4, -0.2) is 34.4 Å². The van der Waals surface area contributed by atoms with Crippen molar-refractivity contribution < 1.29 is 9.84 Å². The highest BCUT2D eigenvalue weighted by atomic mass is 16.5. The Labute approximate surface area is 138 Å². The molecule has 0 fully saturated rings. The minimum atomic E-state index is -0.556. The Bertz CT molecular complexity index is 562. The predicted octanol–water partition coefficient (Wildman–Crippen LogP) is 3.58. The maximum Gasteiger partial charge on any atom is 0.110 e. The Hall–Kier alpha value is -1.91. The first-order valence-electron chi connectivity index (χ1n) is 8.29. The van der Waals surface area contributed by atoms with Crippen molar-refractivity contribution in [3.05, 3.63) is 59.7 Å². The van der Waals surface area contributed by atoms with E-state index >= 15 is 0 Å². The number of nitrogens with one attached hydrogen (secondary N) is 1. The van der Waals surface area contributed by atoms with Crippen LogP contribution in [-0.2, 0) is 11.2 Å². The molecular formula is C19H26N2O2. The van der Waals surface area contributed by atoms with Crippen LogP contribution in [0.4, 0.5) is 0 Å². The molecule has 1 aromatic heterocycles. The average Bonchev–Trinajstić information content (AvgIpc) is 3.07. The molecule has 2 aromatic rings. The zero-order valence-electron chi connectivity index (χ0n) is 13.7. The molecule has 1 unspecified atom stereocenters. The molecule has 4 heteroatoms. The molecule has 23 heavy (non-hydrogen) atoms. The SMILES string of the molecule is CCCCCOCC(O)C=Cc1ccc(Cc2ncc[nH]2)cc1. The first-order valence-corrected chi connectivity index (χ1v) is 8.29. The zero-order chi connectivity index (χ0) is 16.3. The summed E-state index contributed by atoms with van der Waals surface area (Å²) in [6, 6.07) is 8.25. The van der Waals surface area contributed by atoms with Gasteiger partial charge in [0.05, 0.1) is 12.7 Å². The van der Waals surface area contributed by atoms with Gasteiger partial charge in [-0.25, -0.2) is 4.98 Å². The van der Waals surface area contributed by atoms with Gasteiger partial charge in [-0.05, 0) is 17.5 Å². The minimum Gasteiger partial charge on any atom is -0.387 e. The van der Waals surface area contributed by atoms with E-state index in [1.807, 2.05) is 24.4 Å². The molecular weight excluding hydrogens is 288 g/mol. The molecule has 4 nitrogen and oxygen atoms in total. The largest absolute Gasteiger partial charge is 0.387 e. The highest BCUT2D eigenvalue weighted by Crippen LogP contribution is 2.10. The van der Waals surface area contributed by atoms with E-state index in [1.165, 1.54) is 18.4 Å². The van der Waals surface area contributed by atoms with Crippen LogP contribution < -0.4 is 0 Å². The van der Waals surface area contributed by atoms with Crippen LogP contribution in [0.3, 0.4) is 0 Å². The Balaban J connectivity index is 1.73. The summed E-state index contributed by atoms with van der Waals surface area (Å²) in [5.74, 6) is 0.962. The van der Waals surface area contributed by atoms with Crippen LogP contribution in [0.5, 0.6) is 0 Å². The highest BCUT2D eigenvalue weighted by molar-refractivity contribution is 5.50. The standard InChI is InChI=1S/C19H26N2O2/c1-2-3-4-13-23-15-18(22)10-9-16-5-7-17(8-6-16)14-19-20-11-12-21-19/h5-12,18,22H,2-4,13-15H2,1H3,(H,20,21). The van der Waals surface area contributed by atoms with Crippen LogP contribution >= 0.6 is 0 Å². The fourth-order valence-corrected chi connectivity index (χ4v) is 2.27. The Morgan fingerprint density at radius 2 is 2.09 bits per heavy atom. The maximum absolute atomic E-state index is 9.87. The quantitative estimate of drug-likeness (QED) is 0.659. The molecule has 0 aliphatic heterocycles.